The Kier molecular flexibility index (Phi) is 3.85. The van der Waals surface area contributed by atoms with Gasteiger partial charge in [-0.05, 0) is 44.1 Å². The van der Waals surface area contributed by atoms with E-state index in [4.69, 9.17) is 5.11 Å². The monoisotopic (exact) mass is 225 g/mol. The summed E-state index contributed by atoms with van der Waals surface area (Å²) in [6.07, 6.45) is 7.15. The molecule has 0 aromatic rings. The molecule has 0 bridgehead atoms. The van der Waals surface area contributed by atoms with Crippen molar-refractivity contribution in [3.05, 3.63) is 0 Å². The number of carboxylic acid groups (broad SMARTS) is 1. The van der Waals surface area contributed by atoms with Gasteiger partial charge in [0.25, 0.3) is 0 Å². The van der Waals surface area contributed by atoms with Gasteiger partial charge in [0.15, 0.2) is 0 Å². The highest BCUT2D eigenvalue weighted by molar-refractivity contribution is 5.73. The lowest BCUT2D eigenvalue weighted by Crippen LogP contribution is -2.39. The highest BCUT2D eigenvalue weighted by Gasteiger charge is 2.32. The van der Waals surface area contributed by atoms with Gasteiger partial charge < -0.3 is 5.11 Å². The Hall–Kier alpha value is -0.570. The average molecular weight is 225 g/mol. The molecule has 0 aromatic carbocycles. The van der Waals surface area contributed by atoms with E-state index in [0.717, 1.165) is 37.8 Å². The van der Waals surface area contributed by atoms with E-state index in [2.05, 4.69) is 11.8 Å². The number of rotatable bonds is 3. The number of aliphatic carboxylic acids is 1. The fourth-order valence-corrected chi connectivity index (χ4v) is 3.17. The zero-order valence-electron chi connectivity index (χ0n) is 10.2. The van der Waals surface area contributed by atoms with Crippen molar-refractivity contribution in [3.63, 3.8) is 0 Å². The highest BCUT2D eigenvalue weighted by Crippen LogP contribution is 2.30. The Morgan fingerprint density at radius 1 is 1.25 bits per heavy atom. The molecule has 1 N–H and O–H groups in total. The van der Waals surface area contributed by atoms with E-state index in [9.17, 15) is 4.79 Å². The van der Waals surface area contributed by atoms with E-state index >= 15 is 0 Å². The van der Waals surface area contributed by atoms with Crippen LogP contribution in [0.15, 0.2) is 0 Å². The topological polar surface area (TPSA) is 40.5 Å². The Morgan fingerprint density at radius 2 is 1.94 bits per heavy atom. The molecule has 3 heteroatoms. The summed E-state index contributed by atoms with van der Waals surface area (Å²) >= 11 is 0. The summed E-state index contributed by atoms with van der Waals surface area (Å²) in [5, 5.41) is 9.11. The van der Waals surface area contributed by atoms with E-state index in [1.807, 2.05) is 0 Å². The van der Waals surface area contributed by atoms with E-state index in [1.165, 1.54) is 25.7 Å². The minimum Gasteiger partial charge on any atom is -0.480 e. The first kappa shape index (κ1) is 11.9. The fourth-order valence-electron chi connectivity index (χ4n) is 3.17. The molecule has 0 spiro atoms. The van der Waals surface area contributed by atoms with Gasteiger partial charge in [-0.1, -0.05) is 19.8 Å². The first-order chi connectivity index (χ1) is 7.66. The van der Waals surface area contributed by atoms with Crippen LogP contribution in [0.5, 0.6) is 0 Å². The van der Waals surface area contributed by atoms with Crippen LogP contribution in [-0.4, -0.2) is 35.1 Å². The average Bonchev–Trinajstić information content (AvgIpc) is 2.69. The van der Waals surface area contributed by atoms with Crippen molar-refractivity contribution >= 4 is 5.97 Å². The van der Waals surface area contributed by atoms with Crippen LogP contribution in [0.2, 0.25) is 0 Å². The van der Waals surface area contributed by atoms with Gasteiger partial charge >= 0.3 is 5.97 Å². The second-order valence-electron chi connectivity index (χ2n) is 5.62. The van der Waals surface area contributed by atoms with Crippen LogP contribution in [0.1, 0.15) is 45.4 Å². The lowest BCUT2D eigenvalue weighted by atomic mass is 9.83. The van der Waals surface area contributed by atoms with Crippen molar-refractivity contribution < 1.29 is 9.90 Å². The predicted octanol–water partition coefficient (Wildman–Crippen LogP) is 2.36. The molecule has 1 aliphatic carbocycles. The third-order valence-corrected chi connectivity index (χ3v) is 4.28. The largest absolute Gasteiger partial charge is 0.480 e. The van der Waals surface area contributed by atoms with Crippen molar-refractivity contribution in [1.82, 2.24) is 4.90 Å². The normalized spacial score (nSPS) is 36.4. The van der Waals surface area contributed by atoms with Crippen LogP contribution < -0.4 is 0 Å². The maximum Gasteiger partial charge on any atom is 0.320 e. The molecular formula is C13H23NO2. The Balaban J connectivity index is 1.82. The number of hydrogen-bond acceptors (Lipinski definition) is 2. The summed E-state index contributed by atoms with van der Waals surface area (Å²) in [6, 6.07) is -0.195. The lowest BCUT2D eigenvalue weighted by molar-refractivity contribution is -0.142. The van der Waals surface area contributed by atoms with Gasteiger partial charge in [0.1, 0.15) is 6.04 Å². The SMILES string of the molecule is CC1CCC(CN2CCCC2C(=O)O)CC1. The molecule has 16 heavy (non-hydrogen) atoms. The summed E-state index contributed by atoms with van der Waals surface area (Å²) in [5.74, 6) is 1.00. The minimum atomic E-state index is -0.623. The van der Waals surface area contributed by atoms with Gasteiger partial charge in [-0.25, -0.2) is 0 Å². The molecule has 1 unspecified atom stereocenters. The van der Waals surface area contributed by atoms with Gasteiger partial charge in [0.2, 0.25) is 0 Å². The predicted molar refractivity (Wildman–Crippen MR) is 63.4 cm³/mol. The van der Waals surface area contributed by atoms with Crippen LogP contribution in [0.3, 0.4) is 0 Å². The maximum absolute atomic E-state index is 11.1. The molecule has 2 fully saturated rings. The molecule has 2 rings (SSSR count). The van der Waals surface area contributed by atoms with E-state index in [-0.39, 0.29) is 6.04 Å². The molecule has 92 valence electrons. The van der Waals surface area contributed by atoms with Crippen LogP contribution in [0.4, 0.5) is 0 Å². The molecular weight excluding hydrogens is 202 g/mol. The van der Waals surface area contributed by atoms with E-state index in [0.29, 0.717) is 0 Å². The zero-order valence-corrected chi connectivity index (χ0v) is 10.2. The Morgan fingerprint density at radius 3 is 2.56 bits per heavy atom. The molecule has 1 saturated heterocycles. The number of carbonyl (C=O) groups is 1. The Labute approximate surface area is 97.8 Å². The minimum absolute atomic E-state index is 0.195. The van der Waals surface area contributed by atoms with Gasteiger partial charge in [-0.3, -0.25) is 9.69 Å². The van der Waals surface area contributed by atoms with Gasteiger partial charge in [-0.2, -0.15) is 0 Å². The maximum atomic E-state index is 11.1. The van der Waals surface area contributed by atoms with Gasteiger partial charge in [0, 0.05) is 6.54 Å². The molecule has 1 heterocycles. The second-order valence-corrected chi connectivity index (χ2v) is 5.62. The molecule has 0 aromatic heterocycles. The fraction of sp³-hybridized carbons (Fsp3) is 0.923. The summed E-state index contributed by atoms with van der Waals surface area (Å²) in [7, 11) is 0. The van der Waals surface area contributed by atoms with Crippen LogP contribution in [0.25, 0.3) is 0 Å². The Bertz CT molecular complexity index is 246. The van der Waals surface area contributed by atoms with Crippen molar-refractivity contribution in [2.75, 3.05) is 13.1 Å². The van der Waals surface area contributed by atoms with Crippen LogP contribution in [0, 0.1) is 11.8 Å². The number of nitrogens with zero attached hydrogens (tertiary/aromatic N) is 1. The molecule has 0 amide bonds. The second kappa shape index (κ2) is 5.17. The molecule has 1 atom stereocenters. The number of likely N-dealkylation sites (tertiary alicyclic amines) is 1. The number of hydrogen-bond donors (Lipinski definition) is 1. The third kappa shape index (κ3) is 2.76. The van der Waals surface area contributed by atoms with Crippen molar-refractivity contribution in [2.45, 2.75) is 51.5 Å². The molecule has 0 radical (unpaired) electrons. The van der Waals surface area contributed by atoms with E-state index in [1.54, 1.807) is 0 Å². The summed E-state index contributed by atoms with van der Waals surface area (Å²) in [6.45, 7) is 4.33. The van der Waals surface area contributed by atoms with Gasteiger partial charge in [-0.15, -0.1) is 0 Å². The molecule has 2 aliphatic rings. The first-order valence-electron chi connectivity index (χ1n) is 6.63. The van der Waals surface area contributed by atoms with Gasteiger partial charge in [0.05, 0.1) is 0 Å². The summed E-state index contributed by atoms with van der Waals surface area (Å²) in [5.41, 5.74) is 0. The molecule has 3 nitrogen and oxygen atoms in total. The zero-order chi connectivity index (χ0) is 11.5. The quantitative estimate of drug-likeness (QED) is 0.801. The summed E-state index contributed by atoms with van der Waals surface area (Å²) < 4.78 is 0. The van der Waals surface area contributed by atoms with Crippen LogP contribution in [-0.2, 0) is 4.79 Å². The third-order valence-electron chi connectivity index (χ3n) is 4.28. The van der Waals surface area contributed by atoms with Crippen molar-refractivity contribution in [3.8, 4) is 0 Å². The smallest absolute Gasteiger partial charge is 0.320 e. The lowest BCUT2D eigenvalue weighted by Gasteiger charge is -2.31. The molecule has 1 aliphatic heterocycles. The molecule has 1 saturated carbocycles. The van der Waals surface area contributed by atoms with Crippen LogP contribution >= 0.6 is 0 Å². The van der Waals surface area contributed by atoms with E-state index < -0.39 is 5.97 Å². The van der Waals surface area contributed by atoms with Crippen molar-refractivity contribution in [2.24, 2.45) is 11.8 Å². The highest BCUT2D eigenvalue weighted by atomic mass is 16.4. The summed E-state index contributed by atoms with van der Waals surface area (Å²) in [4.78, 5) is 13.3. The first-order valence-corrected chi connectivity index (χ1v) is 6.63. The standard InChI is InChI=1S/C13H23NO2/c1-10-4-6-11(7-5-10)9-14-8-2-3-12(14)13(15)16/h10-12H,2-9H2,1H3,(H,15,16). The number of carboxylic acids is 1. The van der Waals surface area contributed by atoms with Crippen molar-refractivity contribution in [1.29, 1.82) is 0 Å².